The molecule has 1 aliphatic rings. The van der Waals surface area contributed by atoms with Gasteiger partial charge in [0.1, 0.15) is 23.1 Å². The van der Waals surface area contributed by atoms with Crippen molar-refractivity contribution in [3.63, 3.8) is 0 Å². The third kappa shape index (κ3) is 5.96. The second-order valence-electron chi connectivity index (χ2n) is 8.45. The van der Waals surface area contributed by atoms with Crippen LogP contribution in [0.5, 0.6) is 5.75 Å². The van der Waals surface area contributed by atoms with Gasteiger partial charge in [-0.15, -0.1) is 0 Å². The first kappa shape index (κ1) is 25.5. The number of carbonyl (C=O) groups is 1. The molecule has 0 saturated carbocycles. The Kier molecular flexibility index (Phi) is 7.77. The Bertz CT molecular complexity index is 1440. The number of hydrogen-bond acceptors (Lipinski definition) is 6. The minimum Gasteiger partial charge on any atom is -0.492 e. The molecule has 1 aromatic heterocycles. The van der Waals surface area contributed by atoms with Crippen LogP contribution in [0.25, 0.3) is 23.0 Å². The first-order valence-corrected chi connectivity index (χ1v) is 13.7. The molecule has 0 bridgehead atoms. The van der Waals surface area contributed by atoms with Crippen molar-refractivity contribution in [2.75, 3.05) is 18.1 Å². The van der Waals surface area contributed by atoms with E-state index in [1.165, 1.54) is 6.08 Å². The van der Waals surface area contributed by atoms with Crippen molar-refractivity contribution < 1.29 is 17.9 Å². The van der Waals surface area contributed by atoms with E-state index in [9.17, 15) is 18.5 Å². The Morgan fingerprint density at radius 3 is 2.72 bits per heavy atom. The molecule has 1 atom stereocenters. The third-order valence-electron chi connectivity index (χ3n) is 5.66. The van der Waals surface area contributed by atoms with E-state index in [2.05, 4.69) is 5.32 Å². The van der Waals surface area contributed by atoms with Crippen molar-refractivity contribution in [2.45, 2.75) is 25.8 Å². The lowest BCUT2D eigenvalue weighted by Gasteiger charge is -2.10. The summed E-state index contributed by atoms with van der Waals surface area (Å²) >= 11 is 6.45. The fourth-order valence-electron chi connectivity index (χ4n) is 3.88. The molecule has 1 saturated heterocycles. The van der Waals surface area contributed by atoms with Crippen LogP contribution in [0.4, 0.5) is 0 Å². The molecule has 0 radical (unpaired) electrons. The maximum Gasteiger partial charge on any atom is 0.262 e. The van der Waals surface area contributed by atoms with Crippen LogP contribution >= 0.6 is 11.6 Å². The van der Waals surface area contributed by atoms with Crippen molar-refractivity contribution in [2.24, 2.45) is 0 Å². The first-order chi connectivity index (χ1) is 17.3. The number of carbonyl (C=O) groups excluding carboxylic acids is 1. The molecule has 8 nitrogen and oxygen atoms in total. The number of rotatable bonds is 8. The first-order valence-electron chi connectivity index (χ1n) is 11.5. The van der Waals surface area contributed by atoms with E-state index in [4.69, 9.17) is 21.4 Å². The van der Waals surface area contributed by atoms with E-state index in [1.54, 1.807) is 23.0 Å². The van der Waals surface area contributed by atoms with E-state index < -0.39 is 21.8 Å². The molecule has 1 aliphatic heterocycles. The predicted molar refractivity (Wildman–Crippen MR) is 139 cm³/mol. The molecule has 2 heterocycles. The molecular formula is C26H25ClN4O4S. The number of benzene rings is 2. The summed E-state index contributed by atoms with van der Waals surface area (Å²) in [6.45, 7) is 2.55. The quantitative estimate of drug-likeness (QED) is 0.349. The second kappa shape index (κ2) is 11.0. The lowest BCUT2D eigenvalue weighted by atomic mass is 10.1. The number of nitrogens with one attached hydrogen (secondary N) is 1. The molecule has 10 heteroatoms. The number of para-hydroxylation sites is 1. The maximum atomic E-state index is 12.8. The Labute approximate surface area is 215 Å². The average Bonchev–Trinajstić information content (AvgIpc) is 3.44. The number of hydrogen-bond donors (Lipinski definition) is 1. The van der Waals surface area contributed by atoms with E-state index in [-0.39, 0.29) is 17.1 Å². The zero-order valence-electron chi connectivity index (χ0n) is 19.6. The number of aromatic nitrogens is 2. The molecule has 1 amide bonds. The van der Waals surface area contributed by atoms with Crippen LogP contribution in [-0.2, 0) is 14.6 Å². The molecule has 0 aliphatic carbocycles. The Balaban J connectivity index is 1.71. The van der Waals surface area contributed by atoms with E-state index in [1.807, 2.05) is 49.4 Å². The number of nitrogens with zero attached hydrogens (tertiary/aromatic N) is 3. The van der Waals surface area contributed by atoms with Crippen molar-refractivity contribution in [3.8, 4) is 28.8 Å². The number of ether oxygens (including phenoxy) is 1. The zero-order chi connectivity index (χ0) is 25.7. The number of halogens is 1. The van der Waals surface area contributed by atoms with Crippen LogP contribution in [-0.4, -0.2) is 48.3 Å². The van der Waals surface area contributed by atoms with Gasteiger partial charge in [-0.3, -0.25) is 4.79 Å². The number of sulfone groups is 1. The summed E-state index contributed by atoms with van der Waals surface area (Å²) < 4.78 is 30.8. The number of nitriles is 1. The molecule has 1 fully saturated rings. The molecule has 186 valence electrons. The Morgan fingerprint density at radius 1 is 1.31 bits per heavy atom. The van der Waals surface area contributed by atoms with Gasteiger partial charge in [0.25, 0.3) is 5.91 Å². The summed E-state index contributed by atoms with van der Waals surface area (Å²) in [5.74, 6) is -0.166. The van der Waals surface area contributed by atoms with Crippen LogP contribution in [0.15, 0.2) is 60.3 Å². The summed E-state index contributed by atoms with van der Waals surface area (Å²) in [5, 5.41) is 17.5. The van der Waals surface area contributed by atoms with Gasteiger partial charge in [0.2, 0.25) is 0 Å². The largest absolute Gasteiger partial charge is 0.492 e. The molecular weight excluding hydrogens is 500 g/mol. The molecule has 1 unspecified atom stereocenters. The lowest BCUT2D eigenvalue weighted by molar-refractivity contribution is -0.117. The molecule has 3 aromatic rings. The molecule has 36 heavy (non-hydrogen) atoms. The Hall–Kier alpha value is -3.61. The highest BCUT2D eigenvalue weighted by atomic mass is 35.5. The van der Waals surface area contributed by atoms with Gasteiger partial charge in [-0.1, -0.05) is 36.7 Å². The predicted octanol–water partition coefficient (Wildman–Crippen LogP) is 4.19. The van der Waals surface area contributed by atoms with Gasteiger partial charge in [0.15, 0.2) is 9.84 Å². The van der Waals surface area contributed by atoms with Gasteiger partial charge in [-0.05, 0) is 49.2 Å². The molecule has 4 rings (SSSR count). The van der Waals surface area contributed by atoms with Gasteiger partial charge in [-0.25, -0.2) is 13.1 Å². The van der Waals surface area contributed by atoms with Gasteiger partial charge in [0, 0.05) is 23.4 Å². The second-order valence-corrected chi connectivity index (χ2v) is 11.1. The summed E-state index contributed by atoms with van der Waals surface area (Å²) in [7, 11) is -3.17. The minimum atomic E-state index is -3.17. The number of amides is 1. The fraction of sp³-hybridized carbons (Fsp3) is 0.269. The summed E-state index contributed by atoms with van der Waals surface area (Å²) in [5.41, 5.74) is 2.38. The molecule has 2 aromatic carbocycles. The monoisotopic (exact) mass is 524 g/mol. The van der Waals surface area contributed by atoms with Crippen molar-refractivity contribution in [1.82, 2.24) is 15.1 Å². The summed E-state index contributed by atoms with van der Waals surface area (Å²) in [4.78, 5) is 12.8. The minimum absolute atomic E-state index is 0.0241. The topological polar surface area (TPSA) is 114 Å². The fourth-order valence-corrected chi connectivity index (χ4v) is 5.79. The van der Waals surface area contributed by atoms with E-state index >= 15 is 0 Å². The van der Waals surface area contributed by atoms with E-state index in [0.717, 1.165) is 12.1 Å². The van der Waals surface area contributed by atoms with Gasteiger partial charge in [-0.2, -0.15) is 10.4 Å². The highest BCUT2D eigenvalue weighted by Gasteiger charge is 2.29. The van der Waals surface area contributed by atoms with Crippen LogP contribution < -0.4 is 10.1 Å². The standard InChI is InChI=1S/C26H25ClN4O4S/c1-2-11-35-24-9-8-18(14-23(24)27)25-20(16-31(30-25)22-6-4-3-5-7-22)13-19(15-28)26(32)29-21-10-12-36(33,34)17-21/h3-9,13-14,16,21H,2,10-12,17H2,1H3,(H,29,32). The van der Waals surface area contributed by atoms with Gasteiger partial charge >= 0.3 is 0 Å². The highest BCUT2D eigenvalue weighted by molar-refractivity contribution is 7.91. The van der Waals surface area contributed by atoms with Crippen LogP contribution in [0.2, 0.25) is 5.02 Å². The van der Waals surface area contributed by atoms with Crippen LogP contribution in [0.1, 0.15) is 25.3 Å². The maximum absolute atomic E-state index is 12.8. The van der Waals surface area contributed by atoms with Crippen molar-refractivity contribution >= 4 is 33.4 Å². The van der Waals surface area contributed by atoms with Crippen LogP contribution in [0, 0.1) is 11.3 Å². The average molecular weight is 525 g/mol. The van der Waals surface area contributed by atoms with Gasteiger partial charge < -0.3 is 10.1 Å². The smallest absolute Gasteiger partial charge is 0.262 e. The normalized spacial score (nSPS) is 16.9. The zero-order valence-corrected chi connectivity index (χ0v) is 21.2. The molecule has 0 spiro atoms. The van der Waals surface area contributed by atoms with Crippen molar-refractivity contribution in [3.05, 3.63) is 70.9 Å². The van der Waals surface area contributed by atoms with Gasteiger partial charge in [0.05, 0.1) is 28.8 Å². The summed E-state index contributed by atoms with van der Waals surface area (Å²) in [6, 6.07) is 16.2. The molecule has 1 N–H and O–H groups in total. The summed E-state index contributed by atoms with van der Waals surface area (Å²) in [6.07, 6.45) is 4.36. The Morgan fingerprint density at radius 2 is 2.08 bits per heavy atom. The SMILES string of the molecule is CCCOc1ccc(-c2nn(-c3ccccc3)cc2C=C(C#N)C(=O)NC2CCS(=O)(=O)C2)cc1Cl. The van der Waals surface area contributed by atoms with Crippen molar-refractivity contribution in [1.29, 1.82) is 5.26 Å². The lowest BCUT2D eigenvalue weighted by Crippen LogP contribution is -2.36. The third-order valence-corrected chi connectivity index (χ3v) is 7.73. The van der Waals surface area contributed by atoms with Crippen LogP contribution in [0.3, 0.4) is 0 Å². The van der Waals surface area contributed by atoms with E-state index in [0.29, 0.717) is 40.6 Å². The highest BCUT2D eigenvalue weighted by Crippen LogP contribution is 2.33.